The summed E-state index contributed by atoms with van der Waals surface area (Å²) in [6.45, 7) is 2.24. The third-order valence-electron chi connectivity index (χ3n) is 5.96. The van der Waals surface area contributed by atoms with Crippen molar-refractivity contribution in [2.75, 3.05) is 19.6 Å². The van der Waals surface area contributed by atoms with E-state index < -0.39 is 0 Å². The topological polar surface area (TPSA) is 70.8 Å². The highest BCUT2D eigenvalue weighted by molar-refractivity contribution is 5.93. The number of likely N-dealkylation sites (tertiary alicyclic amines) is 1. The number of imidazole rings is 1. The van der Waals surface area contributed by atoms with Gasteiger partial charge in [0.2, 0.25) is 5.91 Å². The zero-order valence-corrected chi connectivity index (χ0v) is 14.0. The molecule has 3 atom stereocenters. The summed E-state index contributed by atoms with van der Waals surface area (Å²) in [5.74, 6) is 1.08. The average Bonchev–Trinajstić information content (AvgIpc) is 3.06. The van der Waals surface area contributed by atoms with Crippen molar-refractivity contribution in [3.8, 4) is 0 Å². The minimum atomic E-state index is -0.00325. The summed E-state index contributed by atoms with van der Waals surface area (Å²) in [7, 11) is 0. The van der Waals surface area contributed by atoms with Crippen LogP contribution < -0.4 is 0 Å². The van der Waals surface area contributed by atoms with Crippen LogP contribution in [0.25, 0.3) is 5.65 Å². The number of fused-ring (bicyclic) bond motifs is 5. The van der Waals surface area contributed by atoms with Gasteiger partial charge < -0.3 is 9.80 Å². The molecule has 5 heterocycles. The molecule has 0 aliphatic carbocycles. The minimum absolute atomic E-state index is 0.00325. The van der Waals surface area contributed by atoms with Crippen molar-refractivity contribution >= 4 is 17.5 Å². The number of aromatic nitrogens is 3. The van der Waals surface area contributed by atoms with E-state index in [2.05, 4.69) is 15.0 Å². The van der Waals surface area contributed by atoms with Crippen LogP contribution in [-0.2, 0) is 4.79 Å². The second-order valence-electron chi connectivity index (χ2n) is 7.51. The van der Waals surface area contributed by atoms with Crippen molar-refractivity contribution in [2.24, 2.45) is 11.8 Å². The monoisotopic (exact) mass is 339 g/mol. The van der Waals surface area contributed by atoms with Gasteiger partial charge >= 0.3 is 0 Å². The number of hydrogen-bond donors (Lipinski definition) is 0. The molecular formula is C18H21N5O2. The minimum Gasteiger partial charge on any atom is -0.339 e. The van der Waals surface area contributed by atoms with E-state index in [0.717, 1.165) is 32.4 Å². The van der Waals surface area contributed by atoms with Crippen molar-refractivity contribution in [1.29, 1.82) is 0 Å². The zero-order valence-electron chi connectivity index (χ0n) is 14.0. The summed E-state index contributed by atoms with van der Waals surface area (Å²) in [4.78, 5) is 33.6. The van der Waals surface area contributed by atoms with Crippen LogP contribution in [0.3, 0.4) is 0 Å². The summed E-state index contributed by atoms with van der Waals surface area (Å²) in [6, 6.07) is 3.98. The smallest absolute Gasteiger partial charge is 0.274 e. The molecule has 0 aromatic carbocycles. The normalized spacial score (nSPS) is 29.0. The van der Waals surface area contributed by atoms with Crippen molar-refractivity contribution < 1.29 is 9.59 Å². The van der Waals surface area contributed by atoms with Gasteiger partial charge in [-0.2, -0.15) is 5.10 Å². The Morgan fingerprint density at radius 2 is 2.16 bits per heavy atom. The fourth-order valence-corrected chi connectivity index (χ4v) is 4.91. The van der Waals surface area contributed by atoms with Gasteiger partial charge in [-0.1, -0.05) is 0 Å². The van der Waals surface area contributed by atoms with Gasteiger partial charge in [0.1, 0.15) is 0 Å². The van der Waals surface area contributed by atoms with Crippen LogP contribution in [0, 0.1) is 11.8 Å². The molecule has 3 aliphatic rings. The van der Waals surface area contributed by atoms with E-state index >= 15 is 0 Å². The molecule has 0 saturated carbocycles. The lowest BCUT2D eigenvalue weighted by molar-refractivity contribution is -0.144. The number of carbonyl (C=O) groups is 2. The Labute approximate surface area is 145 Å². The molecule has 0 N–H and O–H groups in total. The molecule has 2 amide bonds. The maximum Gasteiger partial charge on any atom is 0.274 e. The van der Waals surface area contributed by atoms with Crippen LogP contribution in [0.4, 0.5) is 0 Å². The Kier molecular flexibility index (Phi) is 3.29. The molecule has 7 heteroatoms. The van der Waals surface area contributed by atoms with Gasteiger partial charge in [-0.25, -0.2) is 9.50 Å². The van der Waals surface area contributed by atoms with Gasteiger partial charge in [-0.15, -0.1) is 0 Å². The molecule has 2 aromatic rings. The first kappa shape index (κ1) is 14.9. The van der Waals surface area contributed by atoms with Crippen LogP contribution in [0.5, 0.6) is 0 Å². The summed E-state index contributed by atoms with van der Waals surface area (Å²) in [5, 5.41) is 4.26. The van der Waals surface area contributed by atoms with Crippen molar-refractivity contribution in [1.82, 2.24) is 24.4 Å². The molecule has 2 bridgehead atoms. The second-order valence-corrected chi connectivity index (χ2v) is 7.51. The quantitative estimate of drug-likeness (QED) is 0.783. The van der Waals surface area contributed by atoms with Crippen molar-refractivity contribution in [2.45, 2.75) is 31.7 Å². The van der Waals surface area contributed by atoms with Crippen LogP contribution >= 0.6 is 0 Å². The molecule has 7 nitrogen and oxygen atoms in total. The van der Waals surface area contributed by atoms with Crippen LogP contribution in [0.1, 0.15) is 36.2 Å². The predicted molar refractivity (Wildman–Crippen MR) is 89.8 cm³/mol. The lowest BCUT2D eigenvalue weighted by Gasteiger charge is -2.52. The maximum atomic E-state index is 13.1. The highest BCUT2D eigenvalue weighted by Gasteiger charge is 2.45. The summed E-state index contributed by atoms with van der Waals surface area (Å²) in [6.07, 6.45) is 7.15. The van der Waals surface area contributed by atoms with E-state index in [1.54, 1.807) is 16.9 Å². The van der Waals surface area contributed by atoms with Gasteiger partial charge in [0, 0.05) is 38.3 Å². The molecule has 2 unspecified atom stereocenters. The summed E-state index contributed by atoms with van der Waals surface area (Å²) < 4.78 is 1.61. The predicted octanol–water partition coefficient (Wildman–Crippen LogP) is 1.20. The van der Waals surface area contributed by atoms with Crippen molar-refractivity contribution in [3.63, 3.8) is 0 Å². The first-order chi connectivity index (χ1) is 12.2. The average molecular weight is 339 g/mol. The largest absolute Gasteiger partial charge is 0.339 e. The number of nitrogens with zero attached hydrogens (tertiary/aromatic N) is 5. The van der Waals surface area contributed by atoms with Crippen LogP contribution in [-0.4, -0.2) is 61.9 Å². The van der Waals surface area contributed by atoms with E-state index in [4.69, 9.17) is 0 Å². The summed E-state index contributed by atoms with van der Waals surface area (Å²) in [5.41, 5.74) is 1.21. The Hall–Kier alpha value is -2.44. The van der Waals surface area contributed by atoms with E-state index in [-0.39, 0.29) is 5.91 Å². The molecule has 3 saturated heterocycles. The fraction of sp³-hybridized carbons (Fsp3) is 0.556. The number of rotatable bonds is 1. The molecular weight excluding hydrogens is 318 g/mol. The SMILES string of the molecule is O=C(c1cnc2cccnn12)N1CC2CC(C1)[C@@H]1CCCC(=O)N1C2. The Morgan fingerprint density at radius 1 is 1.24 bits per heavy atom. The molecule has 3 fully saturated rings. The number of piperidine rings is 3. The second kappa shape index (κ2) is 5.54. The lowest BCUT2D eigenvalue weighted by atomic mass is 9.76. The Balaban J connectivity index is 1.41. The molecule has 25 heavy (non-hydrogen) atoms. The molecule has 2 aromatic heterocycles. The number of amides is 2. The van der Waals surface area contributed by atoms with Gasteiger partial charge in [-0.3, -0.25) is 9.59 Å². The molecule has 0 radical (unpaired) electrons. The third-order valence-corrected chi connectivity index (χ3v) is 5.96. The van der Waals surface area contributed by atoms with Crippen LogP contribution in [0.15, 0.2) is 24.5 Å². The lowest BCUT2D eigenvalue weighted by Crippen LogP contribution is -2.61. The van der Waals surface area contributed by atoms with E-state index in [1.165, 1.54) is 0 Å². The van der Waals surface area contributed by atoms with E-state index in [9.17, 15) is 9.59 Å². The van der Waals surface area contributed by atoms with E-state index in [1.807, 2.05) is 17.0 Å². The number of hydrogen-bond acceptors (Lipinski definition) is 4. The van der Waals surface area contributed by atoms with Crippen LogP contribution in [0.2, 0.25) is 0 Å². The first-order valence-electron chi connectivity index (χ1n) is 9.08. The standard InChI is InChI=1S/C18H21N5O2/c24-17-5-1-3-14-13-7-12(10-22(14)17)9-21(11-13)18(25)15-8-19-16-4-2-6-20-23(15)16/h2,4,6,8,12-14H,1,3,5,7,9-11H2/t12?,13?,14-/m0/s1. The molecule has 3 aliphatic heterocycles. The highest BCUT2D eigenvalue weighted by atomic mass is 16.2. The number of carbonyl (C=O) groups excluding carboxylic acids is 2. The third kappa shape index (κ3) is 2.33. The van der Waals surface area contributed by atoms with E-state index in [0.29, 0.717) is 48.1 Å². The fourth-order valence-electron chi connectivity index (χ4n) is 4.91. The molecule has 0 spiro atoms. The summed E-state index contributed by atoms with van der Waals surface area (Å²) >= 11 is 0. The first-order valence-corrected chi connectivity index (χ1v) is 9.08. The zero-order chi connectivity index (χ0) is 17.0. The Morgan fingerprint density at radius 3 is 3.08 bits per heavy atom. The van der Waals surface area contributed by atoms with Crippen molar-refractivity contribution in [3.05, 3.63) is 30.2 Å². The highest BCUT2D eigenvalue weighted by Crippen LogP contribution is 2.38. The molecule has 130 valence electrons. The van der Waals surface area contributed by atoms with Gasteiger partial charge in [0.05, 0.1) is 6.20 Å². The Bertz CT molecular complexity index is 847. The molecule has 5 rings (SSSR count). The van der Waals surface area contributed by atoms with Gasteiger partial charge in [0.25, 0.3) is 5.91 Å². The maximum absolute atomic E-state index is 13.1. The van der Waals surface area contributed by atoms with Gasteiger partial charge in [-0.05, 0) is 43.2 Å². The van der Waals surface area contributed by atoms with Gasteiger partial charge in [0.15, 0.2) is 11.3 Å².